The number of nitrogens with one attached hydrogen (secondary N) is 1. The summed E-state index contributed by atoms with van der Waals surface area (Å²) in [5.74, 6) is 1.85. The minimum absolute atomic E-state index is 0.360. The van der Waals surface area contributed by atoms with Gasteiger partial charge < -0.3 is 14.5 Å². The second-order valence-corrected chi connectivity index (χ2v) is 4.14. The highest BCUT2D eigenvalue weighted by Gasteiger charge is 2.23. The zero-order valence-corrected chi connectivity index (χ0v) is 9.77. The van der Waals surface area contributed by atoms with Crippen molar-refractivity contribution in [2.45, 2.75) is 19.3 Å². The van der Waals surface area contributed by atoms with Gasteiger partial charge in [-0.2, -0.15) is 4.98 Å². The summed E-state index contributed by atoms with van der Waals surface area (Å²) >= 11 is 0. The van der Waals surface area contributed by atoms with Gasteiger partial charge in [0.25, 0.3) is 0 Å². The summed E-state index contributed by atoms with van der Waals surface area (Å²) in [5, 5.41) is 3.30. The molecule has 5 nitrogen and oxygen atoms in total. The number of oxazole rings is 1. The number of hydrogen-bond acceptors (Lipinski definition) is 5. The van der Waals surface area contributed by atoms with E-state index in [1.807, 2.05) is 13.0 Å². The van der Waals surface area contributed by atoms with Gasteiger partial charge in [0.15, 0.2) is 5.75 Å². The Hall–Kier alpha value is -1.62. The minimum Gasteiger partial charge on any atom is -0.490 e. The third kappa shape index (κ3) is 1.86. The van der Waals surface area contributed by atoms with E-state index in [2.05, 4.69) is 15.3 Å². The van der Waals surface area contributed by atoms with Crippen molar-refractivity contribution in [1.82, 2.24) is 15.3 Å². The van der Waals surface area contributed by atoms with Gasteiger partial charge in [0.2, 0.25) is 17.1 Å². The van der Waals surface area contributed by atoms with E-state index >= 15 is 0 Å². The minimum atomic E-state index is 0.360. The first-order chi connectivity index (χ1) is 8.38. The van der Waals surface area contributed by atoms with Crippen LogP contribution in [0.2, 0.25) is 0 Å². The number of pyridine rings is 1. The molecule has 1 aliphatic heterocycles. The lowest BCUT2D eigenvalue weighted by Crippen LogP contribution is -2.07. The first-order valence-corrected chi connectivity index (χ1v) is 5.97. The fourth-order valence-corrected chi connectivity index (χ4v) is 2.14. The molecule has 0 radical (unpaired) electrons. The molecule has 2 aromatic rings. The Morgan fingerprint density at radius 2 is 2.53 bits per heavy atom. The zero-order valence-electron chi connectivity index (χ0n) is 9.77. The van der Waals surface area contributed by atoms with Crippen molar-refractivity contribution >= 4 is 11.2 Å². The van der Waals surface area contributed by atoms with Crippen LogP contribution in [0.1, 0.15) is 25.2 Å². The van der Waals surface area contributed by atoms with E-state index in [1.54, 1.807) is 6.20 Å². The molecule has 1 N–H and O–H groups in total. The third-order valence-corrected chi connectivity index (χ3v) is 2.98. The van der Waals surface area contributed by atoms with E-state index in [4.69, 9.17) is 9.15 Å². The summed E-state index contributed by atoms with van der Waals surface area (Å²) in [5.41, 5.74) is 1.30. The van der Waals surface area contributed by atoms with Gasteiger partial charge in [-0.3, -0.25) is 0 Å². The molecule has 3 heterocycles. The molecular formula is C12H15N3O2. The van der Waals surface area contributed by atoms with Crippen LogP contribution in [0.25, 0.3) is 11.2 Å². The van der Waals surface area contributed by atoms with Gasteiger partial charge in [-0.15, -0.1) is 0 Å². The topological polar surface area (TPSA) is 60.2 Å². The molecule has 17 heavy (non-hydrogen) atoms. The van der Waals surface area contributed by atoms with Gasteiger partial charge in [0.1, 0.15) is 0 Å². The van der Waals surface area contributed by atoms with Gasteiger partial charge in [0.05, 0.1) is 6.61 Å². The molecule has 1 atom stereocenters. The summed E-state index contributed by atoms with van der Waals surface area (Å²) in [6.07, 6.45) is 2.77. The van der Waals surface area contributed by atoms with Crippen LogP contribution in [-0.2, 0) is 0 Å². The van der Waals surface area contributed by atoms with Crippen molar-refractivity contribution in [3.05, 3.63) is 18.2 Å². The molecule has 1 unspecified atom stereocenters. The highest BCUT2D eigenvalue weighted by atomic mass is 16.5. The fourth-order valence-electron chi connectivity index (χ4n) is 2.14. The van der Waals surface area contributed by atoms with Gasteiger partial charge in [0, 0.05) is 24.7 Å². The molecule has 1 saturated heterocycles. The Balaban J connectivity index is 2.02. The predicted octanol–water partition coefficient (Wildman–Crippen LogP) is 1.70. The molecule has 1 aliphatic rings. The molecule has 0 amide bonds. The van der Waals surface area contributed by atoms with E-state index in [0.29, 0.717) is 23.8 Å². The molecule has 0 bridgehead atoms. The van der Waals surface area contributed by atoms with Crippen LogP contribution in [0.3, 0.4) is 0 Å². The maximum absolute atomic E-state index is 5.80. The normalized spacial score (nSPS) is 19.9. The van der Waals surface area contributed by atoms with Gasteiger partial charge >= 0.3 is 0 Å². The molecule has 90 valence electrons. The third-order valence-electron chi connectivity index (χ3n) is 2.98. The Labute approximate surface area is 99.2 Å². The van der Waals surface area contributed by atoms with Crippen molar-refractivity contribution in [2.75, 3.05) is 19.7 Å². The second kappa shape index (κ2) is 4.33. The number of fused-ring (bicyclic) bond motifs is 1. The summed E-state index contributed by atoms with van der Waals surface area (Å²) in [6.45, 7) is 4.51. The molecule has 0 aliphatic carbocycles. The lowest BCUT2D eigenvalue weighted by Gasteiger charge is -2.02. The summed E-state index contributed by atoms with van der Waals surface area (Å²) < 4.78 is 11.3. The molecule has 5 heteroatoms. The Kier molecular flexibility index (Phi) is 2.68. The van der Waals surface area contributed by atoms with E-state index in [1.165, 1.54) is 0 Å². The number of hydrogen-bond donors (Lipinski definition) is 1. The molecular weight excluding hydrogens is 218 g/mol. The molecule has 0 spiro atoms. The van der Waals surface area contributed by atoms with Crippen molar-refractivity contribution in [1.29, 1.82) is 0 Å². The fraction of sp³-hybridized carbons (Fsp3) is 0.500. The average molecular weight is 233 g/mol. The first-order valence-electron chi connectivity index (χ1n) is 5.97. The predicted molar refractivity (Wildman–Crippen MR) is 63.2 cm³/mol. The Morgan fingerprint density at radius 1 is 1.59 bits per heavy atom. The Bertz CT molecular complexity index is 517. The van der Waals surface area contributed by atoms with Crippen LogP contribution in [0.15, 0.2) is 16.7 Å². The van der Waals surface area contributed by atoms with Gasteiger partial charge in [-0.25, -0.2) is 4.98 Å². The lowest BCUT2D eigenvalue weighted by atomic mass is 10.1. The van der Waals surface area contributed by atoms with Crippen LogP contribution in [-0.4, -0.2) is 29.7 Å². The Morgan fingerprint density at radius 3 is 3.29 bits per heavy atom. The van der Waals surface area contributed by atoms with E-state index in [9.17, 15) is 0 Å². The zero-order chi connectivity index (χ0) is 11.7. The smallest absolute Gasteiger partial charge is 0.215 e. The van der Waals surface area contributed by atoms with E-state index in [-0.39, 0.29) is 0 Å². The van der Waals surface area contributed by atoms with E-state index in [0.717, 1.165) is 31.2 Å². The number of nitrogens with zero attached hydrogens (tertiary/aromatic N) is 2. The van der Waals surface area contributed by atoms with Crippen LogP contribution < -0.4 is 10.1 Å². The maximum atomic E-state index is 5.80. The summed E-state index contributed by atoms with van der Waals surface area (Å²) in [4.78, 5) is 8.65. The summed E-state index contributed by atoms with van der Waals surface area (Å²) in [7, 11) is 0. The maximum Gasteiger partial charge on any atom is 0.215 e. The largest absolute Gasteiger partial charge is 0.490 e. The molecule has 2 aromatic heterocycles. The lowest BCUT2D eigenvalue weighted by molar-refractivity contribution is 0.336. The molecule has 1 fully saturated rings. The van der Waals surface area contributed by atoms with Crippen molar-refractivity contribution in [3.8, 4) is 5.75 Å². The number of aromatic nitrogens is 2. The highest BCUT2D eigenvalue weighted by Crippen LogP contribution is 2.29. The standard InChI is InChI=1S/C12H15N3O2/c1-2-16-9-4-6-14-11-10(9)17-12(15-11)8-3-5-13-7-8/h4,6,8,13H,2-3,5,7H2,1H3. The van der Waals surface area contributed by atoms with Crippen LogP contribution in [0.5, 0.6) is 5.75 Å². The van der Waals surface area contributed by atoms with Crippen molar-refractivity contribution < 1.29 is 9.15 Å². The average Bonchev–Trinajstić information content (AvgIpc) is 2.98. The van der Waals surface area contributed by atoms with Gasteiger partial charge in [-0.05, 0) is 19.9 Å². The highest BCUT2D eigenvalue weighted by molar-refractivity contribution is 5.75. The van der Waals surface area contributed by atoms with Crippen molar-refractivity contribution in [2.24, 2.45) is 0 Å². The van der Waals surface area contributed by atoms with Gasteiger partial charge in [-0.1, -0.05) is 0 Å². The van der Waals surface area contributed by atoms with Crippen LogP contribution in [0.4, 0.5) is 0 Å². The summed E-state index contributed by atoms with van der Waals surface area (Å²) in [6, 6.07) is 1.81. The van der Waals surface area contributed by atoms with Crippen LogP contribution in [0, 0.1) is 0 Å². The number of rotatable bonds is 3. The van der Waals surface area contributed by atoms with E-state index < -0.39 is 0 Å². The second-order valence-electron chi connectivity index (χ2n) is 4.14. The first kappa shape index (κ1) is 10.5. The molecule has 0 saturated carbocycles. The monoisotopic (exact) mass is 233 g/mol. The van der Waals surface area contributed by atoms with Crippen LogP contribution >= 0.6 is 0 Å². The van der Waals surface area contributed by atoms with Crippen molar-refractivity contribution in [3.63, 3.8) is 0 Å². The molecule has 3 rings (SSSR count). The number of ether oxygens (including phenoxy) is 1. The molecule has 0 aromatic carbocycles. The quantitative estimate of drug-likeness (QED) is 0.874. The SMILES string of the molecule is CCOc1ccnc2nc(C3CCNC3)oc12.